The minimum Gasteiger partial charge on any atom is -0.332 e. The number of anilines is 1. The van der Waals surface area contributed by atoms with Crippen molar-refractivity contribution in [2.24, 2.45) is 0 Å². The van der Waals surface area contributed by atoms with Crippen molar-refractivity contribution in [3.8, 4) is 0 Å². The topological polar surface area (TPSA) is 69.7 Å². The van der Waals surface area contributed by atoms with Gasteiger partial charge in [0.25, 0.3) is 11.8 Å². The zero-order valence-electron chi connectivity index (χ0n) is 17.8. The summed E-state index contributed by atoms with van der Waals surface area (Å²) in [7, 11) is 0. The maximum Gasteiger partial charge on any atom is 0.329 e. The number of aryl methyl sites for hydroxylation is 1. The maximum absolute atomic E-state index is 13.3. The minimum atomic E-state index is -0.696. The van der Waals surface area contributed by atoms with Crippen molar-refractivity contribution in [3.63, 3.8) is 0 Å². The van der Waals surface area contributed by atoms with E-state index in [0.29, 0.717) is 24.2 Å². The third-order valence-corrected chi connectivity index (χ3v) is 5.93. The van der Waals surface area contributed by atoms with Crippen LogP contribution in [0.1, 0.15) is 48.7 Å². The highest BCUT2D eigenvalue weighted by Crippen LogP contribution is 2.30. The lowest BCUT2D eigenvalue weighted by Gasteiger charge is -2.37. The summed E-state index contributed by atoms with van der Waals surface area (Å²) in [6.45, 7) is 8.75. The maximum atomic E-state index is 13.3. The normalized spacial score (nSPS) is 21.5. The molecule has 0 spiro atoms. The fraction of sp³-hybridized carbons (Fsp3) is 0.375. The number of rotatable bonds is 2. The summed E-state index contributed by atoms with van der Waals surface area (Å²) in [5.74, 6) is -0.541. The molecule has 30 heavy (non-hydrogen) atoms. The number of benzene rings is 2. The van der Waals surface area contributed by atoms with E-state index in [1.807, 2.05) is 43.3 Å². The first-order valence-electron chi connectivity index (χ1n) is 10.3. The van der Waals surface area contributed by atoms with Crippen molar-refractivity contribution in [1.29, 1.82) is 0 Å². The SMILES string of the molecule is Cc1ccc(N2C(=O)N[C@@H]3CCN(C(=O)c4ccc(C(C)(C)C)cc4)[C@H]3C2=O)cc1. The number of fused-ring (bicyclic) bond motifs is 1. The Morgan fingerprint density at radius 2 is 1.63 bits per heavy atom. The Morgan fingerprint density at radius 3 is 2.23 bits per heavy atom. The number of carbonyl (C=O) groups is 3. The summed E-state index contributed by atoms with van der Waals surface area (Å²) < 4.78 is 0. The second-order valence-electron chi connectivity index (χ2n) is 9.12. The molecule has 0 aliphatic carbocycles. The third-order valence-electron chi connectivity index (χ3n) is 5.93. The monoisotopic (exact) mass is 405 g/mol. The molecule has 6 heteroatoms. The molecule has 0 radical (unpaired) electrons. The quantitative estimate of drug-likeness (QED) is 0.829. The second kappa shape index (κ2) is 7.27. The zero-order chi connectivity index (χ0) is 21.6. The summed E-state index contributed by atoms with van der Waals surface area (Å²) in [5, 5.41) is 2.91. The Balaban J connectivity index is 1.60. The number of likely N-dealkylation sites (tertiary alicyclic amines) is 1. The van der Waals surface area contributed by atoms with Crippen LogP contribution in [0, 0.1) is 6.92 Å². The first-order valence-corrected chi connectivity index (χ1v) is 10.3. The highest BCUT2D eigenvalue weighted by molar-refractivity contribution is 6.19. The van der Waals surface area contributed by atoms with E-state index in [1.165, 1.54) is 0 Å². The average Bonchev–Trinajstić information content (AvgIpc) is 3.12. The van der Waals surface area contributed by atoms with Gasteiger partial charge in [-0.1, -0.05) is 50.6 Å². The number of urea groups is 1. The first-order chi connectivity index (χ1) is 14.2. The van der Waals surface area contributed by atoms with Crippen molar-refractivity contribution in [1.82, 2.24) is 10.2 Å². The fourth-order valence-corrected chi connectivity index (χ4v) is 4.15. The Bertz CT molecular complexity index is 990. The molecule has 6 nitrogen and oxygen atoms in total. The lowest BCUT2D eigenvalue weighted by atomic mass is 9.86. The van der Waals surface area contributed by atoms with Crippen LogP contribution in [0.15, 0.2) is 48.5 Å². The molecule has 0 saturated carbocycles. The van der Waals surface area contributed by atoms with Gasteiger partial charge in [0.15, 0.2) is 0 Å². The molecular formula is C24H27N3O3. The Morgan fingerprint density at radius 1 is 1.00 bits per heavy atom. The van der Waals surface area contributed by atoms with Crippen LogP contribution in [0.25, 0.3) is 0 Å². The van der Waals surface area contributed by atoms with Crippen molar-refractivity contribution in [2.75, 3.05) is 11.4 Å². The molecule has 4 amide bonds. The van der Waals surface area contributed by atoms with Gasteiger partial charge >= 0.3 is 6.03 Å². The highest BCUT2D eigenvalue weighted by atomic mass is 16.2. The van der Waals surface area contributed by atoms with Crippen molar-refractivity contribution in [3.05, 3.63) is 65.2 Å². The fourth-order valence-electron chi connectivity index (χ4n) is 4.15. The van der Waals surface area contributed by atoms with E-state index in [-0.39, 0.29) is 23.3 Å². The minimum absolute atomic E-state index is 0.00151. The molecule has 0 unspecified atom stereocenters. The molecule has 4 rings (SSSR count). The molecule has 2 fully saturated rings. The Hall–Kier alpha value is -3.15. The van der Waals surface area contributed by atoms with Crippen LogP contribution in [0.2, 0.25) is 0 Å². The van der Waals surface area contributed by atoms with Gasteiger partial charge in [-0.25, -0.2) is 9.69 Å². The predicted octanol–water partition coefficient (Wildman–Crippen LogP) is 3.63. The number of nitrogens with zero attached hydrogens (tertiary/aromatic N) is 2. The van der Waals surface area contributed by atoms with Crippen LogP contribution in [-0.4, -0.2) is 41.4 Å². The molecule has 156 valence electrons. The molecule has 2 aromatic rings. The van der Waals surface area contributed by atoms with E-state index in [2.05, 4.69) is 26.1 Å². The number of hydrogen-bond acceptors (Lipinski definition) is 3. The molecule has 2 aromatic carbocycles. The third kappa shape index (κ3) is 3.47. The summed E-state index contributed by atoms with van der Waals surface area (Å²) in [5.41, 5.74) is 3.24. The van der Waals surface area contributed by atoms with Gasteiger partial charge in [0.1, 0.15) is 6.04 Å². The Labute approximate surface area is 176 Å². The van der Waals surface area contributed by atoms with E-state index in [4.69, 9.17) is 0 Å². The number of nitrogens with one attached hydrogen (secondary N) is 1. The number of imide groups is 1. The number of amides is 4. The van der Waals surface area contributed by atoms with Crippen LogP contribution in [-0.2, 0) is 10.2 Å². The van der Waals surface area contributed by atoms with Crippen LogP contribution in [0.3, 0.4) is 0 Å². The molecule has 2 aliphatic heterocycles. The second-order valence-corrected chi connectivity index (χ2v) is 9.12. The van der Waals surface area contributed by atoms with E-state index in [9.17, 15) is 14.4 Å². The lowest BCUT2D eigenvalue weighted by molar-refractivity contribution is -0.122. The van der Waals surface area contributed by atoms with Crippen molar-refractivity contribution < 1.29 is 14.4 Å². The molecule has 2 heterocycles. The predicted molar refractivity (Wildman–Crippen MR) is 116 cm³/mol. The molecule has 2 atom stereocenters. The van der Waals surface area contributed by atoms with E-state index < -0.39 is 12.1 Å². The standard InChI is InChI=1S/C24H27N3O3/c1-15-5-11-18(12-6-15)27-22(29)20-19(25-23(27)30)13-14-26(20)21(28)16-7-9-17(10-8-16)24(2,3)4/h5-12,19-20H,13-14H2,1-4H3,(H,25,30)/t19-,20-/m1/s1. The van der Waals surface area contributed by atoms with Gasteiger partial charge in [0, 0.05) is 12.1 Å². The van der Waals surface area contributed by atoms with Crippen LogP contribution in [0.5, 0.6) is 0 Å². The van der Waals surface area contributed by atoms with Crippen molar-refractivity contribution >= 4 is 23.5 Å². The highest BCUT2D eigenvalue weighted by Gasteiger charge is 2.50. The van der Waals surface area contributed by atoms with Gasteiger partial charge in [-0.15, -0.1) is 0 Å². The van der Waals surface area contributed by atoms with Gasteiger partial charge in [-0.3, -0.25) is 9.59 Å². The summed E-state index contributed by atoms with van der Waals surface area (Å²) in [4.78, 5) is 41.9. The van der Waals surface area contributed by atoms with Gasteiger partial charge in [-0.2, -0.15) is 0 Å². The van der Waals surface area contributed by atoms with E-state index in [1.54, 1.807) is 17.0 Å². The van der Waals surface area contributed by atoms with Gasteiger partial charge < -0.3 is 10.2 Å². The molecule has 2 saturated heterocycles. The Kier molecular flexibility index (Phi) is 4.88. The summed E-state index contributed by atoms with van der Waals surface area (Å²) in [6.07, 6.45) is 0.565. The van der Waals surface area contributed by atoms with Gasteiger partial charge in [0.2, 0.25) is 0 Å². The average molecular weight is 405 g/mol. The van der Waals surface area contributed by atoms with Crippen LogP contribution < -0.4 is 10.2 Å². The van der Waals surface area contributed by atoms with E-state index >= 15 is 0 Å². The van der Waals surface area contributed by atoms with Crippen LogP contribution in [0.4, 0.5) is 10.5 Å². The molecule has 0 bridgehead atoms. The molecule has 1 N–H and O–H groups in total. The molecule has 2 aliphatic rings. The number of carbonyl (C=O) groups excluding carboxylic acids is 3. The first kappa shape index (κ1) is 20.1. The van der Waals surface area contributed by atoms with E-state index in [0.717, 1.165) is 16.0 Å². The molecular weight excluding hydrogens is 378 g/mol. The molecule has 0 aromatic heterocycles. The smallest absolute Gasteiger partial charge is 0.329 e. The van der Waals surface area contributed by atoms with Crippen molar-refractivity contribution in [2.45, 2.75) is 51.6 Å². The summed E-state index contributed by atoms with van der Waals surface area (Å²) >= 11 is 0. The van der Waals surface area contributed by atoms with Gasteiger partial charge in [0.05, 0.1) is 11.7 Å². The summed E-state index contributed by atoms with van der Waals surface area (Å²) in [6, 6.07) is 13.3. The zero-order valence-corrected chi connectivity index (χ0v) is 17.8. The number of hydrogen-bond donors (Lipinski definition) is 1. The van der Waals surface area contributed by atoms with Gasteiger partial charge in [-0.05, 0) is 48.6 Å². The van der Waals surface area contributed by atoms with Crippen LogP contribution >= 0.6 is 0 Å². The largest absolute Gasteiger partial charge is 0.332 e. The lowest BCUT2D eigenvalue weighted by Crippen LogP contribution is -2.65.